The Bertz CT molecular complexity index is 266. The van der Waals surface area contributed by atoms with E-state index in [4.69, 9.17) is 11.6 Å². The standard InChI is InChI=1S/C10H17ClN2/c1-8(2)5-12-6-10-4-9(11)7-13(10)3/h4,7-8,12H,5-6H2,1-3H3. The number of rotatable bonds is 4. The molecule has 0 aliphatic carbocycles. The molecule has 1 N–H and O–H groups in total. The highest BCUT2D eigenvalue weighted by molar-refractivity contribution is 6.30. The topological polar surface area (TPSA) is 17.0 Å². The van der Waals surface area contributed by atoms with Crippen molar-refractivity contribution in [3.63, 3.8) is 0 Å². The highest BCUT2D eigenvalue weighted by atomic mass is 35.5. The minimum Gasteiger partial charge on any atom is -0.352 e. The van der Waals surface area contributed by atoms with Gasteiger partial charge in [-0.3, -0.25) is 0 Å². The molecular weight excluding hydrogens is 184 g/mol. The lowest BCUT2D eigenvalue weighted by Gasteiger charge is -2.07. The monoisotopic (exact) mass is 200 g/mol. The summed E-state index contributed by atoms with van der Waals surface area (Å²) in [5, 5.41) is 4.18. The van der Waals surface area contributed by atoms with Gasteiger partial charge in [-0.1, -0.05) is 25.4 Å². The zero-order valence-electron chi connectivity index (χ0n) is 8.47. The maximum absolute atomic E-state index is 5.86. The van der Waals surface area contributed by atoms with Crippen molar-refractivity contribution in [2.24, 2.45) is 13.0 Å². The van der Waals surface area contributed by atoms with Crippen LogP contribution >= 0.6 is 11.6 Å². The fraction of sp³-hybridized carbons (Fsp3) is 0.600. The van der Waals surface area contributed by atoms with Crippen molar-refractivity contribution in [2.75, 3.05) is 6.54 Å². The first-order valence-corrected chi connectivity index (χ1v) is 4.99. The number of nitrogens with one attached hydrogen (secondary N) is 1. The summed E-state index contributed by atoms with van der Waals surface area (Å²) in [4.78, 5) is 0. The molecule has 0 spiro atoms. The van der Waals surface area contributed by atoms with Crippen molar-refractivity contribution in [1.82, 2.24) is 9.88 Å². The van der Waals surface area contributed by atoms with E-state index in [1.54, 1.807) is 0 Å². The van der Waals surface area contributed by atoms with Crippen molar-refractivity contribution in [3.8, 4) is 0 Å². The van der Waals surface area contributed by atoms with Gasteiger partial charge in [0.05, 0.1) is 5.02 Å². The normalized spacial score (nSPS) is 11.2. The van der Waals surface area contributed by atoms with Gasteiger partial charge in [-0.25, -0.2) is 0 Å². The van der Waals surface area contributed by atoms with E-state index in [0.29, 0.717) is 5.92 Å². The van der Waals surface area contributed by atoms with Gasteiger partial charge < -0.3 is 9.88 Å². The Hall–Kier alpha value is -0.470. The smallest absolute Gasteiger partial charge is 0.0585 e. The van der Waals surface area contributed by atoms with Gasteiger partial charge in [-0.2, -0.15) is 0 Å². The predicted molar refractivity (Wildman–Crippen MR) is 57.0 cm³/mol. The predicted octanol–water partition coefficient (Wildman–Crippen LogP) is 2.42. The van der Waals surface area contributed by atoms with Crippen LogP contribution in [0.1, 0.15) is 19.5 Å². The van der Waals surface area contributed by atoms with E-state index in [0.717, 1.165) is 18.1 Å². The zero-order chi connectivity index (χ0) is 9.84. The fourth-order valence-corrected chi connectivity index (χ4v) is 1.50. The molecule has 1 aromatic heterocycles. The van der Waals surface area contributed by atoms with Crippen LogP contribution < -0.4 is 5.32 Å². The van der Waals surface area contributed by atoms with Crippen molar-refractivity contribution in [2.45, 2.75) is 20.4 Å². The van der Waals surface area contributed by atoms with E-state index in [2.05, 4.69) is 23.7 Å². The van der Waals surface area contributed by atoms with E-state index in [1.807, 2.05) is 19.3 Å². The van der Waals surface area contributed by atoms with Gasteiger partial charge in [-0.15, -0.1) is 0 Å². The zero-order valence-corrected chi connectivity index (χ0v) is 9.23. The first-order chi connectivity index (χ1) is 6.09. The van der Waals surface area contributed by atoms with Crippen LogP contribution in [0.25, 0.3) is 0 Å². The average Bonchev–Trinajstić information content (AvgIpc) is 2.29. The van der Waals surface area contributed by atoms with Crippen LogP contribution in [0, 0.1) is 5.92 Å². The number of halogens is 1. The van der Waals surface area contributed by atoms with E-state index in [-0.39, 0.29) is 0 Å². The molecule has 0 aromatic carbocycles. The molecule has 0 saturated carbocycles. The molecule has 0 aliphatic heterocycles. The molecule has 0 amide bonds. The molecule has 1 rings (SSSR count). The molecule has 13 heavy (non-hydrogen) atoms. The maximum Gasteiger partial charge on any atom is 0.0585 e. The molecule has 1 heterocycles. The lowest BCUT2D eigenvalue weighted by atomic mass is 10.2. The van der Waals surface area contributed by atoms with Gasteiger partial charge in [-0.05, 0) is 18.5 Å². The first-order valence-electron chi connectivity index (χ1n) is 4.61. The molecule has 2 nitrogen and oxygen atoms in total. The highest BCUT2D eigenvalue weighted by Crippen LogP contribution is 2.12. The first kappa shape index (κ1) is 10.6. The number of aryl methyl sites for hydroxylation is 1. The molecule has 0 unspecified atom stereocenters. The van der Waals surface area contributed by atoms with Crippen LogP contribution in [-0.2, 0) is 13.6 Å². The molecule has 0 atom stereocenters. The summed E-state index contributed by atoms with van der Waals surface area (Å²) in [7, 11) is 2.01. The quantitative estimate of drug-likeness (QED) is 0.790. The minimum atomic E-state index is 0.691. The van der Waals surface area contributed by atoms with Crippen LogP contribution in [0.15, 0.2) is 12.3 Å². The van der Waals surface area contributed by atoms with Crippen LogP contribution in [0.3, 0.4) is 0 Å². The Morgan fingerprint density at radius 3 is 2.69 bits per heavy atom. The minimum absolute atomic E-state index is 0.691. The van der Waals surface area contributed by atoms with E-state index in [1.165, 1.54) is 5.69 Å². The lowest BCUT2D eigenvalue weighted by Crippen LogP contribution is -2.20. The fourth-order valence-electron chi connectivity index (χ4n) is 1.23. The lowest BCUT2D eigenvalue weighted by molar-refractivity contribution is 0.542. The summed E-state index contributed by atoms with van der Waals surface area (Å²) >= 11 is 5.86. The Labute approximate surface area is 84.9 Å². The molecular formula is C10H17ClN2. The number of nitrogens with zero attached hydrogens (tertiary/aromatic N) is 1. The van der Waals surface area contributed by atoms with Crippen molar-refractivity contribution in [3.05, 3.63) is 23.0 Å². The second-order valence-corrected chi connectivity index (χ2v) is 4.22. The summed E-state index contributed by atoms with van der Waals surface area (Å²) in [6, 6.07) is 1.99. The summed E-state index contributed by atoms with van der Waals surface area (Å²) < 4.78 is 2.05. The second-order valence-electron chi connectivity index (χ2n) is 3.79. The number of aromatic nitrogens is 1. The molecule has 74 valence electrons. The van der Waals surface area contributed by atoms with E-state index in [9.17, 15) is 0 Å². The van der Waals surface area contributed by atoms with Crippen LogP contribution in [0.2, 0.25) is 5.02 Å². The maximum atomic E-state index is 5.86. The third-order valence-electron chi connectivity index (χ3n) is 1.93. The summed E-state index contributed by atoms with van der Waals surface area (Å²) in [6.07, 6.45) is 1.92. The third-order valence-corrected chi connectivity index (χ3v) is 2.14. The molecule has 0 fully saturated rings. The Balaban J connectivity index is 2.40. The largest absolute Gasteiger partial charge is 0.352 e. The number of hydrogen-bond donors (Lipinski definition) is 1. The third kappa shape index (κ3) is 3.41. The SMILES string of the molecule is CC(C)CNCc1cc(Cl)cn1C. The summed E-state index contributed by atoms with van der Waals surface area (Å²) in [5.41, 5.74) is 1.23. The Morgan fingerprint density at radius 2 is 2.23 bits per heavy atom. The number of hydrogen-bond acceptors (Lipinski definition) is 1. The van der Waals surface area contributed by atoms with Crippen LogP contribution in [0.5, 0.6) is 0 Å². The molecule has 1 aromatic rings. The van der Waals surface area contributed by atoms with E-state index < -0.39 is 0 Å². The Kier molecular flexibility index (Phi) is 3.82. The molecule has 0 aliphatic rings. The van der Waals surface area contributed by atoms with Gasteiger partial charge >= 0.3 is 0 Å². The highest BCUT2D eigenvalue weighted by Gasteiger charge is 2.00. The summed E-state index contributed by atoms with van der Waals surface area (Å²) in [6.45, 7) is 6.33. The van der Waals surface area contributed by atoms with Gasteiger partial charge in [0.15, 0.2) is 0 Å². The summed E-state index contributed by atoms with van der Waals surface area (Å²) in [5.74, 6) is 0.691. The van der Waals surface area contributed by atoms with Gasteiger partial charge in [0.2, 0.25) is 0 Å². The van der Waals surface area contributed by atoms with Gasteiger partial charge in [0.25, 0.3) is 0 Å². The molecule has 3 heteroatoms. The second kappa shape index (κ2) is 4.68. The van der Waals surface area contributed by atoms with E-state index >= 15 is 0 Å². The molecule has 0 saturated heterocycles. The van der Waals surface area contributed by atoms with Gasteiger partial charge in [0, 0.05) is 25.5 Å². The average molecular weight is 201 g/mol. The van der Waals surface area contributed by atoms with Crippen molar-refractivity contribution < 1.29 is 0 Å². The van der Waals surface area contributed by atoms with Gasteiger partial charge in [0.1, 0.15) is 0 Å². The van der Waals surface area contributed by atoms with Crippen molar-refractivity contribution in [1.29, 1.82) is 0 Å². The molecule has 0 radical (unpaired) electrons. The Morgan fingerprint density at radius 1 is 1.54 bits per heavy atom. The van der Waals surface area contributed by atoms with Crippen LogP contribution in [-0.4, -0.2) is 11.1 Å². The van der Waals surface area contributed by atoms with Crippen LogP contribution in [0.4, 0.5) is 0 Å². The van der Waals surface area contributed by atoms with Crippen molar-refractivity contribution >= 4 is 11.6 Å². The molecule has 0 bridgehead atoms.